The predicted molar refractivity (Wildman–Crippen MR) is 67.0 cm³/mol. The third-order valence-corrected chi connectivity index (χ3v) is 4.43. The molecule has 0 radical (unpaired) electrons. The van der Waals surface area contributed by atoms with Crippen molar-refractivity contribution in [2.75, 3.05) is 18.1 Å². The Morgan fingerprint density at radius 1 is 1.29 bits per heavy atom. The minimum Gasteiger partial charge on any atom is -0.313 e. The molecule has 1 rings (SSSR count). The van der Waals surface area contributed by atoms with Crippen molar-refractivity contribution < 1.29 is 0 Å². The molecular weight excluding hydrogens is 190 g/mol. The van der Waals surface area contributed by atoms with Crippen molar-refractivity contribution in [3.8, 4) is 0 Å². The number of rotatable bonds is 7. The molecule has 0 spiro atoms. The van der Waals surface area contributed by atoms with E-state index in [1.165, 1.54) is 30.8 Å². The molecule has 1 atom stereocenters. The molecule has 0 aliphatic heterocycles. The Morgan fingerprint density at radius 2 is 2.00 bits per heavy atom. The van der Waals surface area contributed by atoms with E-state index in [0.717, 1.165) is 24.4 Å². The molecule has 0 aromatic rings. The van der Waals surface area contributed by atoms with Crippen LogP contribution in [0.15, 0.2) is 0 Å². The summed E-state index contributed by atoms with van der Waals surface area (Å²) in [6, 6.07) is 0.789. The van der Waals surface area contributed by atoms with Gasteiger partial charge in [0.25, 0.3) is 0 Å². The summed E-state index contributed by atoms with van der Waals surface area (Å²) in [7, 11) is 0. The lowest BCUT2D eigenvalue weighted by molar-refractivity contribution is 0.246. The Hall–Kier alpha value is 0.310. The second-order valence-electron chi connectivity index (χ2n) is 4.79. The largest absolute Gasteiger partial charge is 0.313 e. The summed E-state index contributed by atoms with van der Waals surface area (Å²) in [5, 5.41) is 3.64. The summed E-state index contributed by atoms with van der Waals surface area (Å²) in [6.45, 7) is 7.96. The third kappa shape index (κ3) is 4.22. The minimum atomic E-state index is 0.789. The molecule has 2 heteroatoms. The zero-order chi connectivity index (χ0) is 10.4. The van der Waals surface area contributed by atoms with Gasteiger partial charge in [0.2, 0.25) is 0 Å². The molecule has 1 N–H and O–H groups in total. The number of hydrogen-bond donors (Lipinski definition) is 1. The average Bonchev–Trinajstić information content (AvgIpc) is 2.00. The second kappa shape index (κ2) is 6.73. The molecule has 0 aromatic carbocycles. The lowest BCUT2D eigenvalue weighted by atomic mass is 9.80. The predicted octanol–water partition coefficient (Wildman–Crippen LogP) is 3.15. The molecule has 0 heterocycles. The van der Waals surface area contributed by atoms with Gasteiger partial charge in [0.15, 0.2) is 0 Å². The number of nitrogens with one attached hydrogen (secondary N) is 1. The Kier molecular flexibility index (Phi) is 5.95. The van der Waals surface area contributed by atoms with Gasteiger partial charge in [-0.25, -0.2) is 0 Å². The summed E-state index contributed by atoms with van der Waals surface area (Å²) in [5.41, 5.74) is 0. The van der Waals surface area contributed by atoms with Crippen molar-refractivity contribution in [3.63, 3.8) is 0 Å². The third-order valence-electron chi connectivity index (χ3n) is 2.93. The highest BCUT2D eigenvalue weighted by Gasteiger charge is 2.26. The lowest BCUT2D eigenvalue weighted by Gasteiger charge is -2.34. The molecule has 0 aromatic heterocycles. The van der Waals surface area contributed by atoms with E-state index in [2.05, 4.69) is 37.8 Å². The van der Waals surface area contributed by atoms with Crippen LogP contribution in [-0.2, 0) is 0 Å². The molecule has 1 fully saturated rings. The van der Waals surface area contributed by atoms with Gasteiger partial charge >= 0.3 is 0 Å². The van der Waals surface area contributed by atoms with Gasteiger partial charge < -0.3 is 5.32 Å². The van der Waals surface area contributed by atoms with E-state index < -0.39 is 0 Å². The van der Waals surface area contributed by atoms with Crippen molar-refractivity contribution >= 4 is 11.8 Å². The van der Waals surface area contributed by atoms with E-state index in [1.807, 2.05) is 0 Å². The molecule has 1 saturated carbocycles. The van der Waals surface area contributed by atoms with E-state index in [4.69, 9.17) is 0 Å². The highest BCUT2D eigenvalue weighted by Crippen LogP contribution is 2.31. The van der Waals surface area contributed by atoms with Gasteiger partial charge in [0.1, 0.15) is 0 Å². The Morgan fingerprint density at radius 3 is 2.43 bits per heavy atom. The Bertz CT molecular complexity index is 143. The first-order valence-electron chi connectivity index (χ1n) is 6.05. The van der Waals surface area contributed by atoms with Crippen LogP contribution in [0.3, 0.4) is 0 Å². The summed E-state index contributed by atoms with van der Waals surface area (Å²) in [4.78, 5) is 0. The van der Waals surface area contributed by atoms with Crippen LogP contribution in [0.1, 0.15) is 40.0 Å². The van der Waals surface area contributed by atoms with Crippen LogP contribution < -0.4 is 5.32 Å². The van der Waals surface area contributed by atoms with Crippen LogP contribution >= 0.6 is 11.8 Å². The van der Waals surface area contributed by atoms with Crippen LogP contribution in [0.5, 0.6) is 0 Å². The van der Waals surface area contributed by atoms with Crippen molar-refractivity contribution in [2.45, 2.75) is 46.1 Å². The smallest absolute Gasteiger partial charge is 0.0186 e. The van der Waals surface area contributed by atoms with Crippen molar-refractivity contribution in [1.29, 1.82) is 0 Å². The molecule has 1 unspecified atom stereocenters. The molecule has 0 amide bonds. The SMILES string of the molecule is CCNC(CSCC(C)C)C1CCC1. The minimum absolute atomic E-state index is 0.789. The van der Waals surface area contributed by atoms with Crippen LogP contribution in [0, 0.1) is 11.8 Å². The molecular formula is C12H25NS. The molecule has 0 saturated heterocycles. The first-order valence-corrected chi connectivity index (χ1v) is 7.20. The zero-order valence-electron chi connectivity index (χ0n) is 9.88. The molecule has 1 nitrogen and oxygen atoms in total. The van der Waals surface area contributed by atoms with Crippen molar-refractivity contribution in [1.82, 2.24) is 5.32 Å². The van der Waals surface area contributed by atoms with E-state index >= 15 is 0 Å². The van der Waals surface area contributed by atoms with Gasteiger partial charge in [-0.2, -0.15) is 11.8 Å². The molecule has 1 aliphatic rings. The molecule has 1 aliphatic carbocycles. The Balaban J connectivity index is 2.14. The quantitative estimate of drug-likeness (QED) is 0.700. The monoisotopic (exact) mass is 215 g/mol. The van der Waals surface area contributed by atoms with Gasteiger partial charge in [-0.1, -0.05) is 27.2 Å². The van der Waals surface area contributed by atoms with Gasteiger partial charge in [-0.15, -0.1) is 0 Å². The topological polar surface area (TPSA) is 12.0 Å². The fourth-order valence-electron chi connectivity index (χ4n) is 1.90. The summed E-state index contributed by atoms with van der Waals surface area (Å²) in [5.74, 6) is 4.45. The molecule has 84 valence electrons. The zero-order valence-corrected chi connectivity index (χ0v) is 10.7. The fraction of sp³-hybridized carbons (Fsp3) is 1.00. The summed E-state index contributed by atoms with van der Waals surface area (Å²) in [6.07, 6.45) is 4.38. The maximum absolute atomic E-state index is 3.64. The summed E-state index contributed by atoms with van der Waals surface area (Å²) < 4.78 is 0. The first kappa shape index (κ1) is 12.4. The number of thioether (sulfide) groups is 1. The van der Waals surface area contributed by atoms with E-state index in [1.54, 1.807) is 0 Å². The summed E-state index contributed by atoms with van der Waals surface area (Å²) >= 11 is 2.12. The van der Waals surface area contributed by atoms with E-state index in [-0.39, 0.29) is 0 Å². The Labute approximate surface area is 93.4 Å². The van der Waals surface area contributed by atoms with Crippen LogP contribution in [0.25, 0.3) is 0 Å². The second-order valence-corrected chi connectivity index (χ2v) is 5.86. The molecule has 0 bridgehead atoms. The average molecular weight is 215 g/mol. The fourth-order valence-corrected chi connectivity index (χ4v) is 3.15. The van der Waals surface area contributed by atoms with Crippen LogP contribution in [0.2, 0.25) is 0 Å². The van der Waals surface area contributed by atoms with Crippen LogP contribution in [-0.4, -0.2) is 24.1 Å². The normalized spacial score (nSPS) is 19.7. The van der Waals surface area contributed by atoms with Crippen molar-refractivity contribution in [3.05, 3.63) is 0 Å². The maximum Gasteiger partial charge on any atom is 0.0186 e. The highest BCUT2D eigenvalue weighted by molar-refractivity contribution is 7.99. The van der Waals surface area contributed by atoms with Gasteiger partial charge in [0.05, 0.1) is 0 Å². The number of hydrogen-bond acceptors (Lipinski definition) is 2. The standard InChI is InChI=1S/C12H25NS/c1-4-13-12(11-6-5-7-11)9-14-8-10(2)3/h10-13H,4-9H2,1-3H3. The van der Waals surface area contributed by atoms with E-state index in [0.29, 0.717) is 0 Å². The first-order chi connectivity index (χ1) is 6.74. The van der Waals surface area contributed by atoms with Gasteiger partial charge in [-0.05, 0) is 37.0 Å². The van der Waals surface area contributed by atoms with Crippen LogP contribution in [0.4, 0.5) is 0 Å². The van der Waals surface area contributed by atoms with Gasteiger partial charge in [-0.3, -0.25) is 0 Å². The maximum atomic E-state index is 3.64. The lowest BCUT2D eigenvalue weighted by Crippen LogP contribution is -2.41. The molecule has 14 heavy (non-hydrogen) atoms. The van der Waals surface area contributed by atoms with Crippen molar-refractivity contribution in [2.24, 2.45) is 11.8 Å². The van der Waals surface area contributed by atoms with Gasteiger partial charge in [0, 0.05) is 11.8 Å². The van der Waals surface area contributed by atoms with E-state index in [9.17, 15) is 0 Å². The highest BCUT2D eigenvalue weighted by atomic mass is 32.2.